The van der Waals surface area contributed by atoms with E-state index < -0.39 is 0 Å². The van der Waals surface area contributed by atoms with Crippen molar-refractivity contribution in [3.05, 3.63) is 36.9 Å². The van der Waals surface area contributed by atoms with Gasteiger partial charge in [0.05, 0.1) is 5.69 Å². The summed E-state index contributed by atoms with van der Waals surface area (Å²) in [5.41, 5.74) is 1.00. The summed E-state index contributed by atoms with van der Waals surface area (Å²) in [7, 11) is 0. The van der Waals surface area contributed by atoms with E-state index in [9.17, 15) is 0 Å². The molecular formula is C8H11N3. The van der Waals surface area contributed by atoms with Crippen LogP contribution in [0.4, 0.5) is 0 Å². The molecule has 0 spiro atoms. The zero-order chi connectivity index (χ0) is 7.94. The maximum atomic E-state index is 4.04. The minimum absolute atomic E-state index is 0.772. The van der Waals surface area contributed by atoms with Crippen molar-refractivity contribution >= 4 is 0 Å². The molecule has 1 aromatic heterocycles. The number of aromatic nitrogens is 2. The summed E-state index contributed by atoms with van der Waals surface area (Å²) in [4.78, 5) is 7.86. The standard InChI is InChI=1S/C8H11N3/c1-2-4-9-6-8-3-5-10-7-11-8/h2-3,5,7,9H,1,4,6H2. The summed E-state index contributed by atoms with van der Waals surface area (Å²) in [6.45, 7) is 5.18. The van der Waals surface area contributed by atoms with Crippen molar-refractivity contribution in [2.75, 3.05) is 6.54 Å². The fourth-order valence-corrected chi connectivity index (χ4v) is 0.725. The molecule has 0 bridgehead atoms. The fraction of sp³-hybridized carbons (Fsp3) is 0.250. The van der Waals surface area contributed by atoms with Crippen molar-refractivity contribution in [2.24, 2.45) is 0 Å². The zero-order valence-electron chi connectivity index (χ0n) is 6.33. The van der Waals surface area contributed by atoms with Gasteiger partial charge < -0.3 is 5.32 Å². The monoisotopic (exact) mass is 149 g/mol. The second-order valence-electron chi connectivity index (χ2n) is 2.12. The van der Waals surface area contributed by atoms with Gasteiger partial charge in [-0.15, -0.1) is 6.58 Å². The van der Waals surface area contributed by atoms with E-state index in [-0.39, 0.29) is 0 Å². The number of rotatable bonds is 4. The first-order chi connectivity index (χ1) is 5.43. The van der Waals surface area contributed by atoms with E-state index in [4.69, 9.17) is 0 Å². The van der Waals surface area contributed by atoms with Crippen molar-refractivity contribution in [1.29, 1.82) is 0 Å². The summed E-state index contributed by atoms with van der Waals surface area (Å²) in [5.74, 6) is 0. The third kappa shape index (κ3) is 2.91. The Morgan fingerprint density at radius 3 is 3.18 bits per heavy atom. The molecule has 0 radical (unpaired) electrons. The van der Waals surface area contributed by atoms with E-state index >= 15 is 0 Å². The van der Waals surface area contributed by atoms with E-state index in [0.29, 0.717) is 0 Å². The van der Waals surface area contributed by atoms with Gasteiger partial charge in [0, 0.05) is 19.3 Å². The van der Waals surface area contributed by atoms with Gasteiger partial charge in [-0.3, -0.25) is 0 Å². The molecule has 0 atom stereocenters. The highest BCUT2D eigenvalue weighted by atomic mass is 14.9. The highest BCUT2D eigenvalue weighted by Gasteiger charge is 1.88. The van der Waals surface area contributed by atoms with Crippen LogP contribution in [-0.4, -0.2) is 16.5 Å². The zero-order valence-corrected chi connectivity index (χ0v) is 6.33. The van der Waals surface area contributed by atoms with Crippen LogP contribution < -0.4 is 5.32 Å². The van der Waals surface area contributed by atoms with Crippen LogP contribution in [0.1, 0.15) is 5.69 Å². The quantitative estimate of drug-likeness (QED) is 0.507. The van der Waals surface area contributed by atoms with Crippen molar-refractivity contribution in [3.63, 3.8) is 0 Å². The number of nitrogens with zero attached hydrogens (tertiary/aromatic N) is 2. The Hall–Kier alpha value is -1.22. The molecule has 3 heteroatoms. The number of nitrogens with one attached hydrogen (secondary N) is 1. The van der Waals surface area contributed by atoms with Gasteiger partial charge >= 0.3 is 0 Å². The lowest BCUT2D eigenvalue weighted by atomic mass is 10.4. The molecule has 0 aliphatic rings. The average molecular weight is 149 g/mol. The maximum Gasteiger partial charge on any atom is 0.115 e. The lowest BCUT2D eigenvalue weighted by molar-refractivity contribution is 0.737. The van der Waals surface area contributed by atoms with Crippen LogP contribution in [0.5, 0.6) is 0 Å². The molecule has 0 aliphatic carbocycles. The maximum absolute atomic E-state index is 4.04. The summed E-state index contributed by atoms with van der Waals surface area (Å²) in [6, 6.07) is 1.89. The SMILES string of the molecule is C=CCNCc1ccncn1. The third-order valence-corrected chi connectivity index (χ3v) is 1.24. The molecule has 0 fully saturated rings. The predicted molar refractivity (Wildman–Crippen MR) is 43.9 cm³/mol. The highest BCUT2D eigenvalue weighted by molar-refractivity contribution is 4.97. The molecule has 1 rings (SSSR count). The van der Waals surface area contributed by atoms with Crippen LogP contribution in [0.3, 0.4) is 0 Å². The third-order valence-electron chi connectivity index (χ3n) is 1.24. The molecule has 11 heavy (non-hydrogen) atoms. The van der Waals surface area contributed by atoms with Gasteiger partial charge in [-0.05, 0) is 6.07 Å². The topological polar surface area (TPSA) is 37.8 Å². The molecule has 0 aromatic carbocycles. The van der Waals surface area contributed by atoms with E-state index in [1.807, 2.05) is 12.1 Å². The van der Waals surface area contributed by atoms with Crippen LogP contribution in [0, 0.1) is 0 Å². The van der Waals surface area contributed by atoms with E-state index in [2.05, 4.69) is 21.9 Å². The molecule has 0 aliphatic heterocycles. The van der Waals surface area contributed by atoms with E-state index in [1.54, 1.807) is 12.5 Å². The van der Waals surface area contributed by atoms with Gasteiger partial charge in [-0.2, -0.15) is 0 Å². The highest BCUT2D eigenvalue weighted by Crippen LogP contribution is 1.88. The first kappa shape index (κ1) is 7.88. The lowest BCUT2D eigenvalue weighted by Gasteiger charge is -1.98. The second kappa shape index (κ2) is 4.57. The minimum atomic E-state index is 0.772. The Balaban J connectivity index is 2.33. The van der Waals surface area contributed by atoms with Gasteiger partial charge in [-0.1, -0.05) is 6.08 Å². The van der Waals surface area contributed by atoms with Gasteiger partial charge in [0.1, 0.15) is 6.33 Å². The van der Waals surface area contributed by atoms with Crippen molar-refractivity contribution < 1.29 is 0 Å². The predicted octanol–water partition coefficient (Wildman–Crippen LogP) is 0.752. The first-order valence-electron chi connectivity index (χ1n) is 3.50. The Bertz CT molecular complexity index is 208. The second-order valence-corrected chi connectivity index (χ2v) is 2.12. The molecule has 0 amide bonds. The van der Waals surface area contributed by atoms with Crippen LogP contribution in [0.25, 0.3) is 0 Å². The molecule has 0 saturated carbocycles. The smallest absolute Gasteiger partial charge is 0.115 e. The van der Waals surface area contributed by atoms with Crippen LogP contribution in [0.2, 0.25) is 0 Å². The van der Waals surface area contributed by atoms with Gasteiger partial charge in [0.15, 0.2) is 0 Å². The van der Waals surface area contributed by atoms with Gasteiger partial charge in [0.2, 0.25) is 0 Å². The molecule has 1 aromatic rings. The van der Waals surface area contributed by atoms with Crippen LogP contribution in [-0.2, 0) is 6.54 Å². The van der Waals surface area contributed by atoms with E-state index in [0.717, 1.165) is 18.8 Å². The molecule has 0 unspecified atom stereocenters. The van der Waals surface area contributed by atoms with Gasteiger partial charge in [-0.25, -0.2) is 9.97 Å². The van der Waals surface area contributed by atoms with Crippen LogP contribution >= 0.6 is 0 Å². The number of hydrogen-bond acceptors (Lipinski definition) is 3. The molecule has 3 nitrogen and oxygen atoms in total. The fourth-order valence-electron chi connectivity index (χ4n) is 0.725. The number of hydrogen-bond donors (Lipinski definition) is 1. The first-order valence-corrected chi connectivity index (χ1v) is 3.50. The summed E-state index contributed by atoms with van der Waals surface area (Å²) < 4.78 is 0. The Morgan fingerprint density at radius 1 is 1.64 bits per heavy atom. The Kier molecular flexibility index (Phi) is 3.28. The van der Waals surface area contributed by atoms with Gasteiger partial charge in [0.25, 0.3) is 0 Å². The van der Waals surface area contributed by atoms with Crippen molar-refractivity contribution in [3.8, 4) is 0 Å². The molecule has 1 heterocycles. The Labute approximate surface area is 66.2 Å². The van der Waals surface area contributed by atoms with Crippen LogP contribution in [0.15, 0.2) is 31.2 Å². The average Bonchev–Trinajstić information content (AvgIpc) is 2.07. The minimum Gasteiger partial charge on any atom is -0.308 e. The normalized spacial score (nSPS) is 9.45. The van der Waals surface area contributed by atoms with Crippen molar-refractivity contribution in [1.82, 2.24) is 15.3 Å². The summed E-state index contributed by atoms with van der Waals surface area (Å²) in [5, 5.41) is 3.14. The van der Waals surface area contributed by atoms with Crippen molar-refractivity contribution in [2.45, 2.75) is 6.54 Å². The van der Waals surface area contributed by atoms with E-state index in [1.165, 1.54) is 0 Å². The largest absolute Gasteiger partial charge is 0.308 e. The Morgan fingerprint density at radius 2 is 2.55 bits per heavy atom. The molecular weight excluding hydrogens is 138 g/mol. The molecule has 1 N–H and O–H groups in total. The molecule has 0 saturated heterocycles. The summed E-state index contributed by atoms with van der Waals surface area (Å²) >= 11 is 0. The lowest BCUT2D eigenvalue weighted by Crippen LogP contribution is -2.13. The summed E-state index contributed by atoms with van der Waals surface area (Å²) in [6.07, 6.45) is 5.10. The molecule has 58 valence electrons.